The lowest BCUT2D eigenvalue weighted by Gasteiger charge is -2.14. The summed E-state index contributed by atoms with van der Waals surface area (Å²) in [6.45, 7) is 5.01. The number of ether oxygens (including phenoxy) is 2. The van der Waals surface area contributed by atoms with Crippen LogP contribution in [0.5, 0.6) is 5.75 Å². The largest absolute Gasteiger partial charge is 0.492 e. The van der Waals surface area contributed by atoms with Crippen molar-refractivity contribution in [1.82, 2.24) is 0 Å². The first-order valence-corrected chi connectivity index (χ1v) is 8.21. The summed E-state index contributed by atoms with van der Waals surface area (Å²) in [6.07, 6.45) is 2.87. The summed E-state index contributed by atoms with van der Waals surface area (Å²) in [5.41, 5.74) is 7.20. The molecular weight excluding hydrogens is 334 g/mol. The smallest absolute Gasteiger partial charge is 0.305 e. The zero-order chi connectivity index (χ0) is 15.7. The van der Waals surface area contributed by atoms with Crippen LogP contribution in [0.3, 0.4) is 0 Å². The van der Waals surface area contributed by atoms with E-state index in [1.165, 1.54) is 0 Å². The van der Waals surface area contributed by atoms with Crippen LogP contribution in [0.2, 0.25) is 0 Å². The first-order chi connectivity index (χ1) is 10.1. The van der Waals surface area contributed by atoms with Gasteiger partial charge in [-0.15, -0.1) is 0 Å². The molecule has 5 heteroatoms. The zero-order valence-corrected chi connectivity index (χ0v) is 14.3. The van der Waals surface area contributed by atoms with E-state index in [1.54, 1.807) is 0 Å². The zero-order valence-electron chi connectivity index (χ0n) is 12.7. The van der Waals surface area contributed by atoms with Gasteiger partial charge in [-0.1, -0.05) is 13.0 Å². The van der Waals surface area contributed by atoms with E-state index in [1.807, 2.05) is 25.1 Å². The summed E-state index contributed by atoms with van der Waals surface area (Å²) in [7, 11) is 0. The third kappa shape index (κ3) is 6.48. The standard InChI is InChI=1S/C16H24BrNO3/c1-3-10-21-15-9-8-12(11-13(15)17)14(18)6-5-7-16(19)20-4-2/h8-9,11,14H,3-7,10,18H2,1-2H3. The molecule has 0 heterocycles. The summed E-state index contributed by atoms with van der Waals surface area (Å²) in [5.74, 6) is 0.675. The predicted molar refractivity (Wildman–Crippen MR) is 87.3 cm³/mol. The molecule has 4 nitrogen and oxygen atoms in total. The second kappa shape index (κ2) is 9.79. The van der Waals surface area contributed by atoms with Crippen LogP contribution in [0, 0.1) is 0 Å². The monoisotopic (exact) mass is 357 g/mol. The lowest BCUT2D eigenvalue weighted by Crippen LogP contribution is -2.12. The normalized spacial score (nSPS) is 12.0. The SMILES string of the molecule is CCCOc1ccc(C(N)CCCC(=O)OCC)cc1Br. The molecule has 0 spiro atoms. The van der Waals surface area contributed by atoms with Crippen molar-refractivity contribution < 1.29 is 14.3 Å². The van der Waals surface area contributed by atoms with Gasteiger partial charge in [0.1, 0.15) is 5.75 Å². The third-order valence-corrected chi connectivity index (χ3v) is 3.67. The predicted octanol–water partition coefficient (Wildman–Crippen LogP) is 3.97. The molecule has 118 valence electrons. The van der Waals surface area contributed by atoms with Gasteiger partial charge in [-0.2, -0.15) is 0 Å². The van der Waals surface area contributed by atoms with E-state index < -0.39 is 0 Å². The van der Waals surface area contributed by atoms with Gasteiger partial charge in [0, 0.05) is 12.5 Å². The molecular formula is C16H24BrNO3. The third-order valence-electron chi connectivity index (χ3n) is 3.05. The van der Waals surface area contributed by atoms with Gasteiger partial charge in [0.25, 0.3) is 0 Å². The van der Waals surface area contributed by atoms with Crippen LogP contribution in [0.25, 0.3) is 0 Å². The molecule has 0 saturated carbocycles. The van der Waals surface area contributed by atoms with Crippen LogP contribution in [0.1, 0.15) is 51.1 Å². The molecule has 0 radical (unpaired) electrons. The first kappa shape index (κ1) is 18.0. The number of carbonyl (C=O) groups excluding carboxylic acids is 1. The minimum atomic E-state index is -0.158. The van der Waals surface area contributed by atoms with Crippen molar-refractivity contribution in [3.63, 3.8) is 0 Å². The second-order valence-electron chi connectivity index (χ2n) is 4.84. The average molecular weight is 358 g/mol. The Morgan fingerprint density at radius 3 is 2.76 bits per heavy atom. The lowest BCUT2D eigenvalue weighted by molar-refractivity contribution is -0.143. The summed E-state index contributed by atoms with van der Waals surface area (Å²) in [5, 5.41) is 0. The Bertz CT molecular complexity index is 451. The van der Waals surface area contributed by atoms with Crippen molar-refractivity contribution in [3.05, 3.63) is 28.2 Å². The number of rotatable bonds is 9. The van der Waals surface area contributed by atoms with Gasteiger partial charge in [-0.05, 0) is 59.8 Å². The van der Waals surface area contributed by atoms with Gasteiger partial charge < -0.3 is 15.2 Å². The fraction of sp³-hybridized carbons (Fsp3) is 0.562. The van der Waals surface area contributed by atoms with Crippen LogP contribution in [0.15, 0.2) is 22.7 Å². The Morgan fingerprint density at radius 1 is 1.38 bits per heavy atom. The Hall–Kier alpha value is -1.07. The van der Waals surface area contributed by atoms with E-state index in [0.29, 0.717) is 19.6 Å². The Balaban J connectivity index is 2.48. The van der Waals surface area contributed by atoms with E-state index >= 15 is 0 Å². The molecule has 0 bridgehead atoms. The minimum Gasteiger partial charge on any atom is -0.492 e. The summed E-state index contributed by atoms with van der Waals surface area (Å²) >= 11 is 3.50. The minimum absolute atomic E-state index is 0.0871. The number of esters is 1. The quantitative estimate of drug-likeness (QED) is 0.679. The molecule has 0 aromatic heterocycles. The van der Waals surface area contributed by atoms with Gasteiger partial charge in [-0.25, -0.2) is 0 Å². The van der Waals surface area contributed by atoms with Crippen molar-refractivity contribution in [2.45, 2.75) is 45.6 Å². The van der Waals surface area contributed by atoms with Crippen LogP contribution in [0.4, 0.5) is 0 Å². The number of nitrogens with two attached hydrogens (primary N) is 1. The molecule has 1 rings (SSSR count). The average Bonchev–Trinajstić information content (AvgIpc) is 2.46. The molecule has 0 aliphatic carbocycles. The topological polar surface area (TPSA) is 61.5 Å². The Kier molecular flexibility index (Phi) is 8.38. The van der Waals surface area contributed by atoms with Crippen molar-refractivity contribution in [2.75, 3.05) is 13.2 Å². The molecule has 0 aliphatic rings. The molecule has 21 heavy (non-hydrogen) atoms. The maximum absolute atomic E-state index is 11.3. The Morgan fingerprint density at radius 2 is 2.14 bits per heavy atom. The number of carbonyl (C=O) groups is 1. The van der Waals surface area contributed by atoms with Crippen molar-refractivity contribution in [2.24, 2.45) is 5.73 Å². The number of hydrogen-bond acceptors (Lipinski definition) is 4. The van der Waals surface area contributed by atoms with Gasteiger partial charge in [0.15, 0.2) is 0 Å². The van der Waals surface area contributed by atoms with Crippen LogP contribution in [-0.2, 0) is 9.53 Å². The van der Waals surface area contributed by atoms with Crippen molar-refractivity contribution in [1.29, 1.82) is 0 Å². The highest BCUT2D eigenvalue weighted by Crippen LogP contribution is 2.29. The number of benzene rings is 1. The molecule has 0 saturated heterocycles. The maximum Gasteiger partial charge on any atom is 0.305 e. The van der Waals surface area contributed by atoms with E-state index in [4.69, 9.17) is 15.2 Å². The maximum atomic E-state index is 11.3. The highest BCUT2D eigenvalue weighted by molar-refractivity contribution is 9.10. The van der Waals surface area contributed by atoms with Gasteiger partial charge >= 0.3 is 5.97 Å². The lowest BCUT2D eigenvalue weighted by atomic mass is 10.0. The number of halogens is 1. The molecule has 0 aliphatic heterocycles. The molecule has 1 unspecified atom stereocenters. The van der Waals surface area contributed by atoms with E-state index in [0.717, 1.165) is 35.0 Å². The molecule has 1 aromatic rings. The van der Waals surface area contributed by atoms with Crippen LogP contribution < -0.4 is 10.5 Å². The fourth-order valence-corrected chi connectivity index (χ4v) is 2.45. The van der Waals surface area contributed by atoms with Gasteiger partial charge in [-0.3, -0.25) is 4.79 Å². The molecule has 1 aromatic carbocycles. The van der Waals surface area contributed by atoms with E-state index in [9.17, 15) is 4.79 Å². The summed E-state index contributed by atoms with van der Waals surface area (Å²) in [4.78, 5) is 11.3. The summed E-state index contributed by atoms with van der Waals surface area (Å²) in [6, 6.07) is 5.81. The molecule has 1 atom stereocenters. The highest BCUT2D eigenvalue weighted by Gasteiger charge is 2.10. The van der Waals surface area contributed by atoms with Crippen LogP contribution >= 0.6 is 15.9 Å². The van der Waals surface area contributed by atoms with E-state index in [2.05, 4.69) is 22.9 Å². The fourth-order valence-electron chi connectivity index (χ4n) is 1.94. The van der Waals surface area contributed by atoms with Crippen molar-refractivity contribution in [3.8, 4) is 5.75 Å². The summed E-state index contributed by atoms with van der Waals surface area (Å²) < 4.78 is 11.4. The Labute approximate surface area is 135 Å². The number of hydrogen-bond donors (Lipinski definition) is 1. The molecule has 0 amide bonds. The highest BCUT2D eigenvalue weighted by atomic mass is 79.9. The molecule has 2 N–H and O–H groups in total. The van der Waals surface area contributed by atoms with Crippen molar-refractivity contribution >= 4 is 21.9 Å². The van der Waals surface area contributed by atoms with Gasteiger partial charge in [0.05, 0.1) is 17.7 Å². The molecule has 0 fully saturated rings. The van der Waals surface area contributed by atoms with Crippen LogP contribution in [-0.4, -0.2) is 19.2 Å². The first-order valence-electron chi connectivity index (χ1n) is 7.41. The van der Waals surface area contributed by atoms with Gasteiger partial charge in [0.2, 0.25) is 0 Å². The second-order valence-corrected chi connectivity index (χ2v) is 5.70. The van der Waals surface area contributed by atoms with E-state index in [-0.39, 0.29) is 12.0 Å².